The summed E-state index contributed by atoms with van der Waals surface area (Å²) in [6.45, 7) is 0.430. The Hall–Kier alpha value is -0.850. The molecule has 1 N–H and O–H groups in total. The van der Waals surface area contributed by atoms with Gasteiger partial charge in [0.05, 0.1) is 17.5 Å². The lowest BCUT2D eigenvalue weighted by Crippen LogP contribution is -2.25. The van der Waals surface area contributed by atoms with Gasteiger partial charge in [-0.15, -0.1) is 0 Å². The minimum Gasteiger partial charge on any atom is -0.462 e. The van der Waals surface area contributed by atoms with Crippen LogP contribution in [0.5, 0.6) is 0 Å². The molecular weight excluding hydrogens is 254 g/mol. The normalized spacial score (nSPS) is 24.2. The molecule has 2 heterocycles. The van der Waals surface area contributed by atoms with E-state index in [1.807, 2.05) is 19.2 Å². The third-order valence-electron chi connectivity index (χ3n) is 3.33. The molecule has 1 saturated heterocycles. The van der Waals surface area contributed by atoms with Crippen LogP contribution in [0.3, 0.4) is 0 Å². The van der Waals surface area contributed by atoms with Crippen molar-refractivity contribution >= 4 is 9.84 Å². The average molecular weight is 273 g/mol. The van der Waals surface area contributed by atoms with Crippen LogP contribution >= 0.6 is 0 Å². The van der Waals surface area contributed by atoms with Crippen LogP contribution in [0.15, 0.2) is 16.5 Å². The van der Waals surface area contributed by atoms with Gasteiger partial charge in [0.1, 0.15) is 18.1 Å². The molecule has 0 aromatic carbocycles. The highest BCUT2D eigenvalue weighted by atomic mass is 32.2. The molecule has 2 atom stereocenters. The Kier molecular flexibility index (Phi) is 4.09. The van der Waals surface area contributed by atoms with Crippen molar-refractivity contribution in [1.29, 1.82) is 0 Å². The van der Waals surface area contributed by atoms with Crippen molar-refractivity contribution in [2.24, 2.45) is 5.92 Å². The van der Waals surface area contributed by atoms with E-state index >= 15 is 0 Å². The second kappa shape index (κ2) is 5.42. The predicted molar refractivity (Wildman–Crippen MR) is 68.0 cm³/mol. The van der Waals surface area contributed by atoms with Crippen LogP contribution < -0.4 is 5.32 Å². The number of methoxy groups -OCH3 is 1. The van der Waals surface area contributed by atoms with Crippen molar-refractivity contribution < 1.29 is 17.6 Å². The standard InChI is InChI=1S/C12H19NO4S/c1-13-12(9-5-6-18(14,15)8-9)11-4-3-10(17-11)7-16-2/h3-4,9,12-13H,5-8H2,1-2H3. The van der Waals surface area contributed by atoms with E-state index in [-0.39, 0.29) is 23.5 Å². The van der Waals surface area contributed by atoms with Gasteiger partial charge in [-0.05, 0) is 31.5 Å². The molecule has 0 saturated carbocycles. The van der Waals surface area contributed by atoms with Crippen LogP contribution in [0.1, 0.15) is 24.0 Å². The second-order valence-corrected chi connectivity index (χ2v) is 6.90. The molecule has 1 aromatic rings. The summed E-state index contributed by atoms with van der Waals surface area (Å²) in [7, 11) is 0.572. The van der Waals surface area contributed by atoms with Crippen molar-refractivity contribution in [3.05, 3.63) is 23.7 Å². The van der Waals surface area contributed by atoms with E-state index in [1.54, 1.807) is 7.11 Å². The van der Waals surface area contributed by atoms with Gasteiger partial charge < -0.3 is 14.5 Å². The summed E-state index contributed by atoms with van der Waals surface area (Å²) < 4.78 is 33.7. The lowest BCUT2D eigenvalue weighted by molar-refractivity contribution is 0.160. The van der Waals surface area contributed by atoms with Gasteiger partial charge in [-0.3, -0.25) is 0 Å². The molecule has 5 nitrogen and oxygen atoms in total. The quantitative estimate of drug-likeness (QED) is 0.870. The number of ether oxygens (including phenoxy) is 1. The van der Waals surface area contributed by atoms with Crippen LogP contribution in [0.4, 0.5) is 0 Å². The molecule has 18 heavy (non-hydrogen) atoms. The summed E-state index contributed by atoms with van der Waals surface area (Å²) in [5.74, 6) is 2.14. The van der Waals surface area contributed by atoms with E-state index < -0.39 is 9.84 Å². The summed E-state index contributed by atoms with van der Waals surface area (Å²) in [6.07, 6.45) is 0.689. The summed E-state index contributed by atoms with van der Waals surface area (Å²) >= 11 is 0. The van der Waals surface area contributed by atoms with E-state index in [9.17, 15) is 8.42 Å². The number of rotatable bonds is 5. The Morgan fingerprint density at radius 1 is 1.56 bits per heavy atom. The van der Waals surface area contributed by atoms with Gasteiger partial charge in [0.2, 0.25) is 0 Å². The number of sulfone groups is 1. The van der Waals surface area contributed by atoms with Crippen molar-refractivity contribution in [2.45, 2.75) is 19.1 Å². The molecule has 0 spiro atoms. The smallest absolute Gasteiger partial charge is 0.150 e. The van der Waals surface area contributed by atoms with Crippen molar-refractivity contribution in [2.75, 3.05) is 25.7 Å². The average Bonchev–Trinajstić information content (AvgIpc) is 2.88. The Bertz CT molecular complexity index is 494. The van der Waals surface area contributed by atoms with Crippen molar-refractivity contribution in [1.82, 2.24) is 5.32 Å². The summed E-state index contributed by atoms with van der Waals surface area (Å²) in [6, 6.07) is 3.71. The molecule has 1 aromatic heterocycles. The maximum absolute atomic E-state index is 11.5. The van der Waals surface area contributed by atoms with Crippen LogP contribution in [-0.4, -0.2) is 34.1 Å². The molecule has 0 aliphatic carbocycles. The third kappa shape index (κ3) is 2.93. The fourth-order valence-electron chi connectivity index (χ4n) is 2.48. The minimum atomic E-state index is -2.87. The number of nitrogens with one attached hydrogen (secondary N) is 1. The second-order valence-electron chi connectivity index (χ2n) is 4.67. The first-order valence-corrected chi connectivity index (χ1v) is 7.83. The fraction of sp³-hybridized carbons (Fsp3) is 0.667. The molecule has 2 unspecified atom stereocenters. The number of furan rings is 1. The van der Waals surface area contributed by atoms with Crippen molar-refractivity contribution in [3.63, 3.8) is 0 Å². The molecule has 6 heteroatoms. The lowest BCUT2D eigenvalue weighted by Gasteiger charge is -2.19. The molecule has 0 radical (unpaired) electrons. The van der Waals surface area contributed by atoms with Crippen LogP contribution in [0, 0.1) is 5.92 Å². The van der Waals surface area contributed by atoms with Gasteiger partial charge in [0.15, 0.2) is 9.84 Å². The van der Waals surface area contributed by atoms with Gasteiger partial charge >= 0.3 is 0 Å². The molecule has 0 amide bonds. The molecule has 0 bridgehead atoms. The molecule has 2 rings (SSSR count). The van der Waals surface area contributed by atoms with Gasteiger partial charge in [-0.2, -0.15) is 0 Å². The van der Waals surface area contributed by atoms with Gasteiger partial charge in [-0.25, -0.2) is 8.42 Å². The zero-order valence-electron chi connectivity index (χ0n) is 10.7. The maximum atomic E-state index is 11.5. The Balaban J connectivity index is 2.13. The Morgan fingerprint density at radius 2 is 2.33 bits per heavy atom. The molecular formula is C12H19NO4S. The van der Waals surface area contributed by atoms with E-state index in [2.05, 4.69) is 5.32 Å². The number of hydrogen-bond acceptors (Lipinski definition) is 5. The zero-order chi connectivity index (χ0) is 13.2. The highest BCUT2D eigenvalue weighted by Gasteiger charge is 2.35. The first-order valence-electron chi connectivity index (χ1n) is 6.01. The van der Waals surface area contributed by atoms with Gasteiger partial charge in [0, 0.05) is 7.11 Å². The topological polar surface area (TPSA) is 68.5 Å². The summed E-state index contributed by atoms with van der Waals surface area (Å²) in [4.78, 5) is 0. The van der Waals surface area contributed by atoms with Crippen LogP contribution in [0.25, 0.3) is 0 Å². The van der Waals surface area contributed by atoms with E-state index in [1.165, 1.54) is 0 Å². The Labute approximate surface area is 107 Å². The first-order chi connectivity index (χ1) is 8.55. The van der Waals surface area contributed by atoms with E-state index in [0.29, 0.717) is 13.0 Å². The van der Waals surface area contributed by atoms with Gasteiger partial charge in [-0.1, -0.05) is 0 Å². The summed E-state index contributed by atoms with van der Waals surface area (Å²) in [5, 5.41) is 3.15. The van der Waals surface area contributed by atoms with E-state index in [4.69, 9.17) is 9.15 Å². The highest BCUT2D eigenvalue weighted by molar-refractivity contribution is 7.91. The SMILES string of the molecule is CNC(c1ccc(COC)o1)C1CCS(=O)(=O)C1. The largest absolute Gasteiger partial charge is 0.462 e. The third-order valence-corrected chi connectivity index (χ3v) is 5.12. The Morgan fingerprint density at radius 3 is 2.89 bits per heavy atom. The molecule has 1 aliphatic rings. The minimum absolute atomic E-state index is 0.0483. The molecule has 102 valence electrons. The van der Waals surface area contributed by atoms with Gasteiger partial charge in [0.25, 0.3) is 0 Å². The predicted octanol–water partition coefficient (Wildman–Crippen LogP) is 1.12. The fourth-order valence-corrected chi connectivity index (χ4v) is 4.32. The highest BCUT2D eigenvalue weighted by Crippen LogP contribution is 2.32. The van der Waals surface area contributed by atoms with Crippen LogP contribution in [-0.2, 0) is 21.2 Å². The monoisotopic (exact) mass is 273 g/mol. The molecule has 1 fully saturated rings. The first kappa shape index (κ1) is 13.6. The lowest BCUT2D eigenvalue weighted by atomic mass is 9.97. The molecule has 1 aliphatic heterocycles. The van der Waals surface area contributed by atoms with Crippen molar-refractivity contribution in [3.8, 4) is 0 Å². The number of hydrogen-bond donors (Lipinski definition) is 1. The zero-order valence-corrected chi connectivity index (χ0v) is 11.5. The summed E-state index contributed by atoms with van der Waals surface area (Å²) in [5.41, 5.74) is 0. The van der Waals surface area contributed by atoms with Crippen LogP contribution in [0.2, 0.25) is 0 Å². The maximum Gasteiger partial charge on any atom is 0.150 e. The van der Waals surface area contributed by atoms with E-state index in [0.717, 1.165) is 11.5 Å².